The number of carbonyl (C=O) groups excluding carboxylic acids is 1. The van der Waals surface area contributed by atoms with E-state index in [4.69, 9.17) is 5.11 Å². The summed E-state index contributed by atoms with van der Waals surface area (Å²) < 4.78 is 25.8. The van der Waals surface area contributed by atoms with Crippen LogP contribution in [0.1, 0.15) is 24.2 Å². The molecule has 1 aromatic rings. The molecule has 1 amide bonds. The van der Waals surface area contributed by atoms with Crippen molar-refractivity contribution in [3.63, 3.8) is 0 Å². The van der Waals surface area contributed by atoms with Crippen molar-refractivity contribution >= 4 is 21.9 Å². The minimum atomic E-state index is -3.69. The molecular weight excluding hydrogens is 296 g/mol. The molecule has 0 heterocycles. The van der Waals surface area contributed by atoms with Crippen molar-refractivity contribution in [2.45, 2.75) is 24.8 Å². The van der Waals surface area contributed by atoms with Crippen LogP contribution in [0.4, 0.5) is 0 Å². The molecule has 0 saturated heterocycles. The summed E-state index contributed by atoms with van der Waals surface area (Å²) in [5, 5.41) is 10.7. The molecule has 0 unspecified atom stereocenters. The van der Waals surface area contributed by atoms with Gasteiger partial charge in [0.15, 0.2) is 0 Å². The first kappa shape index (κ1) is 17.1. The molecule has 0 radical (unpaired) electrons. The Hall–Kier alpha value is -1.93. The van der Waals surface area contributed by atoms with Crippen LogP contribution in [-0.4, -0.2) is 49.3 Å². The minimum Gasteiger partial charge on any atom is -0.480 e. The normalized spacial score (nSPS) is 11.7. The summed E-state index contributed by atoms with van der Waals surface area (Å²) >= 11 is 0. The molecule has 0 fully saturated rings. The summed E-state index contributed by atoms with van der Waals surface area (Å²) in [6.45, 7) is 2.95. The molecule has 7 nitrogen and oxygen atoms in total. The van der Waals surface area contributed by atoms with Crippen LogP contribution in [-0.2, 0) is 14.8 Å². The zero-order valence-electron chi connectivity index (χ0n) is 12.0. The van der Waals surface area contributed by atoms with E-state index in [1.54, 1.807) is 13.8 Å². The number of nitrogens with one attached hydrogen (secondary N) is 1. The first-order chi connectivity index (χ1) is 9.66. The van der Waals surface area contributed by atoms with Gasteiger partial charge in [-0.15, -0.1) is 0 Å². The number of rotatable bonds is 6. The van der Waals surface area contributed by atoms with Crippen molar-refractivity contribution in [2.24, 2.45) is 0 Å². The van der Waals surface area contributed by atoms with Gasteiger partial charge in [0, 0.05) is 18.7 Å². The van der Waals surface area contributed by atoms with Gasteiger partial charge in [-0.25, -0.2) is 8.42 Å². The highest BCUT2D eigenvalue weighted by molar-refractivity contribution is 7.89. The zero-order chi connectivity index (χ0) is 16.2. The fourth-order valence-electron chi connectivity index (χ4n) is 1.50. The average molecular weight is 314 g/mol. The second-order valence-electron chi connectivity index (χ2n) is 4.72. The largest absolute Gasteiger partial charge is 0.480 e. The van der Waals surface area contributed by atoms with E-state index in [-0.39, 0.29) is 16.5 Å². The number of carboxylic acids is 1. The monoisotopic (exact) mass is 314 g/mol. The number of sulfonamides is 1. The topological polar surface area (TPSA) is 104 Å². The summed E-state index contributed by atoms with van der Waals surface area (Å²) in [6.07, 6.45) is 0. The van der Waals surface area contributed by atoms with E-state index in [1.165, 1.54) is 35.6 Å². The van der Waals surface area contributed by atoms with Crippen LogP contribution in [0.25, 0.3) is 0 Å². The van der Waals surface area contributed by atoms with Crippen molar-refractivity contribution in [3.8, 4) is 0 Å². The van der Waals surface area contributed by atoms with Crippen LogP contribution in [0.2, 0.25) is 0 Å². The van der Waals surface area contributed by atoms with E-state index in [0.29, 0.717) is 0 Å². The van der Waals surface area contributed by atoms with Crippen LogP contribution in [0.15, 0.2) is 29.2 Å². The maximum absolute atomic E-state index is 12.3. The predicted octanol–water partition coefficient (Wildman–Crippen LogP) is 0.530. The number of aliphatic carboxylic acids is 1. The predicted molar refractivity (Wildman–Crippen MR) is 76.5 cm³/mol. The van der Waals surface area contributed by atoms with Gasteiger partial charge >= 0.3 is 5.97 Å². The van der Waals surface area contributed by atoms with E-state index >= 15 is 0 Å². The second-order valence-corrected chi connectivity index (χ2v) is 6.72. The van der Waals surface area contributed by atoms with Crippen molar-refractivity contribution < 1.29 is 23.1 Å². The van der Waals surface area contributed by atoms with Gasteiger partial charge in [0.05, 0.1) is 4.90 Å². The molecule has 2 N–H and O–H groups in total. The molecule has 8 heteroatoms. The molecule has 1 rings (SSSR count). The molecule has 116 valence electrons. The maximum atomic E-state index is 12.3. The van der Waals surface area contributed by atoms with Crippen LogP contribution in [0.5, 0.6) is 0 Å². The molecule has 0 aliphatic carbocycles. The third kappa shape index (κ3) is 4.27. The van der Waals surface area contributed by atoms with Crippen LogP contribution < -0.4 is 5.32 Å². The molecule has 0 aliphatic heterocycles. The van der Waals surface area contributed by atoms with Gasteiger partial charge in [-0.2, -0.15) is 4.31 Å². The lowest BCUT2D eigenvalue weighted by atomic mass is 10.2. The van der Waals surface area contributed by atoms with Crippen molar-refractivity contribution in [1.82, 2.24) is 9.62 Å². The summed E-state index contributed by atoms with van der Waals surface area (Å²) in [5.74, 6) is -1.81. The van der Waals surface area contributed by atoms with E-state index < -0.39 is 28.4 Å². The van der Waals surface area contributed by atoms with Gasteiger partial charge in [-0.1, -0.05) is 6.07 Å². The fourth-order valence-corrected chi connectivity index (χ4v) is 2.91. The van der Waals surface area contributed by atoms with Gasteiger partial charge in [0.1, 0.15) is 6.54 Å². The quantitative estimate of drug-likeness (QED) is 0.797. The number of carboxylic acid groups (broad SMARTS) is 1. The molecular formula is C13H18N2O5S. The Morgan fingerprint density at radius 1 is 1.33 bits per heavy atom. The average Bonchev–Trinajstić information content (AvgIpc) is 2.43. The van der Waals surface area contributed by atoms with Crippen LogP contribution in [0, 0.1) is 0 Å². The van der Waals surface area contributed by atoms with E-state index in [1.807, 2.05) is 0 Å². The highest BCUT2D eigenvalue weighted by Gasteiger charge is 2.23. The molecule has 0 aliphatic rings. The summed E-state index contributed by atoms with van der Waals surface area (Å²) in [7, 11) is -2.23. The van der Waals surface area contributed by atoms with Crippen molar-refractivity contribution in [1.29, 1.82) is 0 Å². The Bertz CT molecular complexity index is 640. The minimum absolute atomic E-state index is 0.0123. The van der Waals surface area contributed by atoms with Gasteiger partial charge < -0.3 is 10.4 Å². The van der Waals surface area contributed by atoms with Crippen molar-refractivity contribution in [2.75, 3.05) is 13.6 Å². The molecule has 0 bridgehead atoms. The fraction of sp³-hybridized carbons (Fsp3) is 0.385. The first-order valence-electron chi connectivity index (χ1n) is 6.24. The van der Waals surface area contributed by atoms with E-state index in [0.717, 1.165) is 0 Å². The third-order valence-corrected chi connectivity index (χ3v) is 4.93. The number of hydrogen-bond donors (Lipinski definition) is 2. The van der Waals surface area contributed by atoms with Gasteiger partial charge in [-0.05, 0) is 32.0 Å². The molecule has 1 aromatic carbocycles. The van der Waals surface area contributed by atoms with Crippen molar-refractivity contribution in [3.05, 3.63) is 29.8 Å². The lowest BCUT2D eigenvalue weighted by Crippen LogP contribution is -2.33. The SMILES string of the molecule is CC(C)N(C)S(=O)(=O)c1cccc(C(=O)NCC(=O)O)c1. The Morgan fingerprint density at radius 3 is 2.48 bits per heavy atom. The Labute approximate surface area is 123 Å². The summed E-state index contributed by atoms with van der Waals surface area (Å²) in [4.78, 5) is 22.1. The molecule has 0 spiro atoms. The maximum Gasteiger partial charge on any atom is 0.322 e. The number of amides is 1. The van der Waals surface area contributed by atoms with Gasteiger partial charge in [-0.3, -0.25) is 9.59 Å². The first-order valence-corrected chi connectivity index (χ1v) is 7.68. The smallest absolute Gasteiger partial charge is 0.322 e. The van der Waals surface area contributed by atoms with Gasteiger partial charge in [0.2, 0.25) is 10.0 Å². The second kappa shape index (κ2) is 6.68. The third-order valence-electron chi connectivity index (χ3n) is 2.90. The van der Waals surface area contributed by atoms with E-state index in [9.17, 15) is 18.0 Å². The lowest BCUT2D eigenvalue weighted by Gasteiger charge is -2.21. The molecule has 0 aromatic heterocycles. The standard InChI is InChI=1S/C13H18N2O5S/c1-9(2)15(3)21(19,20)11-6-4-5-10(7-11)13(18)14-8-12(16)17/h4-7,9H,8H2,1-3H3,(H,14,18)(H,16,17). The number of nitrogens with zero attached hydrogens (tertiary/aromatic N) is 1. The Morgan fingerprint density at radius 2 is 1.95 bits per heavy atom. The Balaban J connectivity index is 3.06. The summed E-state index contributed by atoms with van der Waals surface area (Å²) in [6, 6.07) is 5.26. The highest BCUT2D eigenvalue weighted by atomic mass is 32.2. The summed E-state index contributed by atoms with van der Waals surface area (Å²) in [5.41, 5.74) is 0.0921. The molecule has 21 heavy (non-hydrogen) atoms. The number of hydrogen-bond acceptors (Lipinski definition) is 4. The molecule has 0 atom stereocenters. The molecule has 0 saturated carbocycles. The number of carbonyl (C=O) groups is 2. The van der Waals surface area contributed by atoms with Crippen LogP contribution in [0.3, 0.4) is 0 Å². The van der Waals surface area contributed by atoms with E-state index in [2.05, 4.69) is 5.32 Å². The number of benzene rings is 1. The van der Waals surface area contributed by atoms with Gasteiger partial charge in [0.25, 0.3) is 5.91 Å². The Kier molecular flexibility index (Phi) is 5.45. The van der Waals surface area contributed by atoms with Crippen LogP contribution >= 0.6 is 0 Å². The highest BCUT2D eigenvalue weighted by Crippen LogP contribution is 2.17. The lowest BCUT2D eigenvalue weighted by molar-refractivity contribution is -0.135. The zero-order valence-corrected chi connectivity index (χ0v) is 12.8.